The van der Waals surface area contributed by atoms with Gasteiger partial charge in [-0.3, -0.25) is 4.98 Å². The maximum Gasteiger partial charge on any atom is 0.0629 e. The first-order chi connectivity index (χ1) is 5.93. The van der Waals surface area contributed by atoms with Crippen LogP contribution < -0.4 is 0 Å². The summed E-state index contributed by atoms with van der Waals surface area (Å²) in [6.45, 7) is 0. The molecule has 0 aromatic carbocycles. The Labute approximate surface area is 71.8 Å². The molecule has 0 aliphatic rings. The standard InChI is InChI=1S/C10H10N2/c11-8-4-1-2-6-10-7-3-5-9-12-10/h1-9,11H/b4-1-,6-2+,11-8?. The van der Waals surface area contributed by atoms with Crippen LogP contribution >= 0.6 is 0 Å². The molecule has 0 atom stereocenters. The van der Waals surface area contributed by atoms with Crippen molar-refractivity contribution in [2.45, 2.75) is 0 Å². The van der Waals surface area contributed by atoms with Crippen LogP contribution in [0.1, 0.15) is 5.69 Å². The summed E-state index contributed by atoms with van der Waals surface area (Å²) in [4.78, 5) is 4.10. The predicted molar refractivity (Wildman–Crippen MR) is 51.2 cm³/mol. The molecule has 0 aliphatic heterocycles. The van der Waals surface area contributed by atoms with Crippen LogP contribution in [0.2, 0.25) is 0 Å². The molecule has 0 amide bonds. The molecule has 0 bridgehead atoms. The van der Waals surface area contributed by atoms with Crippen LogP contribution in [0.4, 0.5) is 0 Å². The van der Waals surface area contributed by atoms with Crippen molar-refractivity contribution in [1.29, 1.82) is 5.41 Å². The Kier molecular flexibility index (Phi) is 3.51. The second kappa shape index (κ2) is 5.02. The molecule has 60 valence electrons. The Morgan fingerprint density at radius 1 is 1.17 bits per heavy atom. The summed E-state index contributed by atoms with van der Waals surface area (Å²) in [7, 11) is 0. The lowest BCUT2D eigenvalue weighted by atomic mass is 10.3. The second-order valence-corrected chi connectivity index (χ2v) is 2.17. The van der Waals surface area contributed by atoms with Crippen molar-refractivity contribution in [3.05, 3.63) is 48.3 Å². The fourth-order valence-electron chi connectivity index (χ4n) is 0.748. The van der Waals surface area contributed by atoms with Gasteiger partial charge in [0.05, 0.1) is 5.69 Å². The lowest BCUT2D eigenvalue weighted by Crippen LogP contribution is -1.74. The highest BCUT2D eigenvalue weighted by atomic mass is 14.6. The van der Waals surface area contributed by atoms with E-state index >= 15 is 0 Å². The van der Waals surface area contributed by atoms with Crippen LogP contribution in [0.3, 0.4) is 0 Å². The summed E-state index contributed by atoms with van der Waals surface area (Å²) in [5.41, 5.74) is 0.923. The molecule has 1 aromatic heterocycles. The van der Waals surface area contributed by atoms with Gasteiger partial charge in [0.15, 0.2) is 0 Å². The highest BCUT2D eigenvalue weighted by Gasteiger charge is 1.80. The predicted octanol–water partition coefficient (Wildman–Crippen LogP) is 2.30. The first-order valence-corrected chi connectivity index (χ1v) is 3.68. The van der Waals surface area contributed by atoms with E-state index in [0.717, 1.165) is 5.69 Å². The molecule has 2 nitrogen and oxygen atoms in total. The van der Waals surface area contributed by atoms with Gasteiger partial charge in [-0.15, -0.1) is 0 Å². The van der Waals surface area contributed by atoms with Crippen molar-refractivity contribution < 1.29 is 0 Å². The molecular formula is C10H10N2. The minimum atomic E-state index is 0.923. The molecule has 0 fully saturated rings. The van der Waals surface area contributed by atoms with E-state index in [1.165, 1.54) is 6.21 Å². The van der Waals surface area contributed by atoms with E-state index < -0.39 is 0 Å². The fourth-order valence-corrected chi connectivity index (χ4v) is 0.748. The molecule has 1 N–H and O–H groups in total. The van der Waals surface area contributed by atoms with Crippen LogP contribution in [0.15, 0.2) is 42.6 Å². The monoisotopic (exact) mass is 158 g/mol. The Morgan fingerprint density at radius 3 is 2.75 bits per heavy atom. The van der Waals surface area contributed by atoms with Gasteiger partial charge >= 0.3 is 0 Å². The highest BCUT2D eigenvalue weighted by Crippen LogP contribution is 1.95. The first-order valence-electron chi connectivity index (χ1n) is 3.68. The Morgan fingerprint density at radius 2 is 2.08 bits per heavy atom. The summed E-state index contributed by atoms with van der Waals surface area (Å²) >= 11 is 0. The molecule has 0 saturated heterocycles. The van der Waals surface area contributed by atoms with Gasteiger partial charge in [0, 0.05) is 12.4 Å². The molecule has 1 aromatic rings. The summed E-state index contributed by atoms with van der Waals surface area (Å²) in [5.74, 6) is 0. The minimum Gasteiger partial charge on any atom is -0.309 e. The molecule has 1 rings (SSSR count). The zero-order valence-electron chi connectivity index (χ0n) is 6.64. The van der Waals surface area contributed by atoms with Crippen molar-refractivity contribution >= 4 is 12.3 Å². The Bertz CT molecular complexity index is 286. The van der Waals surface area contributed by atoms with Crippen molar-refractivity contribution in [2.75, 3.05) is 0 Å². The van der Waals surface area contributed by atoms with Crippen molar-refractivity contribution in [3.63, 3.8) is 0 Å². The fraction of sp³-hybridized carbons (Fsp3) is 0. The molecule has 0 aliphatic carbocycles. The third-order valence-electron chi connectivity index (χ3n) is 1.27. The minimum absolute atomic E-state index is 0.923. The van der Waals surface area contributed by atoms with E-state index in [2.05, 4.69) is 4.98 Å². The summed E-state index contributed by atoms with van der Waals surface area (Å²) in [5, 5.41) is 6.72. The summed E-state index contributed by atoms with van der Waals surface area (Å²) in [6.07, 6.45) is 10.2. The number of rotatable bonds is 3. The van der Waals surface area contributed by atoms with Crippen molar-refractivity contribution in [3.8, 4) is 0 Å². The van der Waals surface area contributed by atoms with Gasteiger partial charge in [0.2, 0.25) is 0 Å². The number of aromatic nitrogens is 1. The van der Waals surface area contributed by atoms with Crippen molar-refractivity contribution in [1.82, 2.24) is 4.98 Å². The molecule has 0 saturated carbocycles. The van der Waals surface area contributed by atoms with E-state index in [-0.39, 0.29) is 0 Å². The van der Waals surface area contributed by atoms with Gasteiger partial charge in [-0.2, -0.15) is 0 Å². The van der Waals surface area contributed by atoms with Gasteiger partial charge in [0.25, 0.3) is 0 Å². The van der Waals surface area contributed by atoms with E-state index in [1.54, 1.807) is 18.3 Å². The number of hydrogen-bond donors (Lipinski definition) is 1. The molecule has 12 heavy (non-hydrogen) atoms. The topological polar surface area (TPSA) is 36.7 Å². The molecule has 0 spiro atoms. The lowest BCUT2D eigenvalue weighted by molar-refractivity contribution is 1.30. The van der Waals surface area contributed by atoms with Crippen LogP contribution in [0, 0.1) is 5.41 Å². The van der Waals surface area contributed by atoms with Crippen LogP contribution in [-0.2, 0) is 0 Å². The number of nitrogens with zero attached hydrogens (tertiary/aromatic N) is 1. The normalized spacial score (nSPS) is 11.0. The summed E-state index contributed by atoms with van der Waals surface area (Å²) in [6, 6.07) is 5.74. The third kappa shape index (κ3) is 2.92. The zero-order chi connectivity index (χ0) is 8.65. The average molecular weight is 158 g/mol. The van der Waals surface area contributed by atoms with Crippen molar-refractivity contribution in [2.24, 2.45) is 0 Å². The maximum absolute atomic E-state index is 6.72. The molecule has 0 unspecified atom stereocenters. The second-order valence-electron chi connectivity index (χ2n) is 2.17. The smallest absolute Gasteiger partial charge is 0.0629 e. The van der Waals surface area contributed by atoms with Gasteiger partial charge in [-0.05, 0) is 24.3 Å². The van der Waals surface area contributed by atoms with Gasteiger partial charge in [-0.25, -0.2) is 0 Å². The Balaban J connectivity index is 2.58. The van der Waals surface area contributed by atoms with Gasteiger partial charge in [-0.1, -0.05) is 18.2 Å². The number of allylic oxidation sites excluding steroid dienone is 3. The quantitative estimate of drug-likeness (QED) is 0.531. The van der Waals surface area contributed by atoms with E-state index in [4.69, 9.17) is 5.41 Å². The first kappa shape index (κ1) is 8.40. The number of pyridine rings is 1. The molecule has 1 heterocycles. The highest BCUT2D eigenvalue weighted by molar-refractivity contribution is 5.68. The molecule has 0 radical (unpaired) electrons. The van der Waals surface area contributed by atoms with E-state index in [1.807, 2.05) is 30.4 Å². The number of nitrogens with one attached hydrogen (secondary N) is 1. The van der Waals surface area contributed by atoms with E-state index in [0.29, 0.717) is 0 Å². The largest absolute Gasteiger partial charge is 0.309 e. The van der Waals surface area contributed by atoms with E-state index in [9.17, 15) is 0 Å². The van der Waals surface area contributed by atoms with Crippen LogP contribution in [0.25, 0.3) is 6.08 Å². The SMILES string of the molecule is N=C/C=C\C=C\c1ccccn1. The lowest BCUT2D eigenvalue weighted by Gasteiger charge is -1.86. The third-order valence-corrected chi connectivity index (χ3v) is 1.27. The maximum atomic E-state index is 6.72. The number of hydrogen-bond acceptors (Lipinski definition) is 2. The molecule has 2 heteroatoms. The van der Waals surface area contributed by atoms with Crippen LogP contribution in [0.5, 0.6) is 0 Å². The van der Waals surface area contributed by atoms with Crippen LogP contribution in [-0.4, -0.2) is 11.2 Å². The molecular weight excluding hydrogens is 148 g/mol. The Hall–Kier alpha value is -1.70. The summed E-state index contributed by atoms with van der Waals surface area (Å²) < 4.78 is 0. The zero-order valence-corrected chi connectivity index (χ0v) is 6.64. The average Bonchev–Trinajstić information content (AvgIpc) is 2.14. The van der Waals surface area contributed by atoms with Gasteiger partial charge in [0.1, 0.15) is 0 Å². The van der Waals surface area contributed by atoms with Gasteiger partial charge < -0.3 is 5.41 Å².